The smallest absolute Gasteiger partial charge is 0.341 e. The van der Waals surface area contributed by atoms with E-state index in [1.807, 2.05) is 0 Å². The van der Waals surface area contributed by atoms with Crippen LogP contribution < -0.4 is 4.72 Å². The van der Waals surface area contributed by atoms with Crippen LogP contribution in [0.2, 0.25) is 0 Å². The van der Waals surface area contributed by atoms with Gasteiger partial charge in [-0.05, 0) is 31.0 Å². The number of sulfonamides is 1. The molecule has 110 valence electrons. The molecule has 0 bridgehead atoms. The molecular formula is C13H17NO5S. The quantitative estimate of drug-likeness (QED) is 0.820. The summed E-state index contributed by atoms with van der Waals surface area (Å²) in [6, 6.07) is 3.50. The van der Waals surface area contributed by atoms with Gasteiger partial charge in [-0.2, -0.15) is 0 Å². The molecule has 0 amide bonds. The van der Waals surface area contributed by atoms with Crippen molar-refractivity contribution in [3.05, 3.63) is 23.8 Å². The fourth-order valence-corrected chi connectivity index (χ4v) is 3.62. The van der Waals surface area contributed by atoms with Crippen LogP contribution in [0, 0.1) is 0 Å². The Bertz CT molecular complexity index is 605. The van der Waals surface area contributed by atoms with Crippen LogP contribution in [-0.4, -0.2) is 32.6 Å². The lowest BCUT2D eigenvalue weighted by Gasteiger charge is -2.13. The number of hydrogen-bond donors (Lipinski definition) is 2. The molecular weight excluding hydrogens is 282 g/mol. The molecule has 0 radical (unpaired) electrons. The number of esters is 1. The third kappa shape index (κ3) is 3.10. The molecule has 1 aromatic rings. The molecule has 2 N–H and O–H groups in total. The zero-order valence-electron chi connectivity index (χ0n) is 11.1. The number of phenolic OH excluding ortho intramolecular Hbond substituents is 1. The van der Waals surface area contributed by atoms with Crippen LogP contribution in [0.1, 0.15) is 36.0 Å². The number of carbonyl (C=O) groups is 1. The number of carbonyl (C=O) groups excluding carboxylic acids is 1. The number of methoxy groups -OCH3 is 1. The lowest BCUT2D eigenvalue weighted by atomic mass is 10.2. The van der Waals surface area contributed by atoms with Crippen molar-refractivity contribution in [3.8, 4) is 5.75 Å². The normalized spacial score (nSPS) is 16.2. The topological polar surface area (TPSA) is 92.7 Å². The first-order valence-corrected chi connectivity index (χ1v) is 7.86. The van der Waals surface area contributed by atoms with Crippen molar-refractivity contribution in [2.75, 3.05) is 7.11 Å². The Hall–Kier alpha value is -1.60. The average Bonchev–Trinajstić information content (AvgIpc) is 2.90. The van der Waals surface area contributed by atoms with Crippen LogP contribution in [0.3, 0.4) is 0 Å². The van der Waals surface area contributed by atoms with Crippen LogP contribution >= 0.6 is 0 Å². The van der Waals surface area contributed by atoms with Crippen molar-refractivity contribution in [2.45, 2.75) is 36.6 Å². The van der Waals surface area contributed by atoms with E-state index < -0.39 is 16.0 Å². The van der Waals surface area contributed by atoms with Gasteiger partial charge in [-0.15, -0.1) is 0 Å². The van der Waals surface area contributed by atoms with Crippen molar-refractivity contribution in [2.24, 2.45) is 0 Å². The first-order valence-electron chi connectivity index (χ1n) is 6.37. The number of nitrogens with one attached hydrogen (secondary N) is 1. The van der Waals surface area contributed by atoms with Gasteiger partial charge in [-0.1, -0.05) is 12.8 Å². The first-order chi connectivity index (χ1) is 9.44. The number of rotatable bonds is 4. The van der Waals surface area contributed by atoms with E-state index in [-0.39, 0.29) is 22.3 Å². The standard InChI is InChI=1S/C13H17NO5S/c1-19-13(16)11-8-10(6-7-12(11)15)20(17,18)14-9-4-2-3-5-9/h6-9,14-15H,2-5H2,1H3. The Balaban J connectivity index is 2.29. The molecule has 0 unspecified atom stereocenters. The van der Waals surface area contributed by atoms with Crippen LogP contribution in [0.15, 0.2) is 23.1 Å². The van der Waals surface area contributed by atoms with Crippen molar-refractivity contribution >= 4 is 16.0 Å². The maximum Gasteiger partial charge on any atom is 0.341 e. The molecule has 0 atom stereocenters. The lowest BCUT2D eigenvalue weighted by molar-refractivity contribution is 0.0597. The number of benzene rings is 1. The Kier molecular flexibility index (Phi) is 4.29. The van der Waals surface area contributed by atoms with Crippen LogP contribution in [-0.2, 0) is 14.8 Å². The lowest BCUT2D eigenvalue weighted by Crippen LogP contribution is -2.32. The third-order valence-electron chi connectivity index (χ3n) is 3.36. The van der Waals surface area contributed by atoms with E-state index in [1.165, 1.54) is 19.2 Å². The number of ether oxygens (including phenoxy) is 1. The van der Waals surface area contributed by atoms with Gasteiger partial charge in [0.1, 0.15) is 11.3 Å². The summed E-state index contributed by atoms with van der Waals surface area (Å²) in [5.74, 6) is -1.09. The molecule has 1 aromatic carbocycles. The zero-order chi connectivity index (χ0) is 14.8. The van der Waals surface area contributed by atoms with E-state index in [0.717, 1.165) is 31.7 Å². The van der Waals surface area contributed by atoms with Gasteiger partial charge in [0.15, 0.2) is 0 Å². The van der Waals surface area contributed by atoms with E-state index in [1.54, 1.807) is 0 Å². The van der Waals surface area contributed by atoms with Gasteiger partial charge in [0.25, 0.3) is 0 Å². The van der Waals surface area contributed by atoms with Crippen LogP contribution in [0.4, 0.5) is 0 Å². The van der Waals surface area contributed by atoms with E-state index in [2.05, 4.69) is 9.46 Å². The SMILES string of the molecule is COC(=O)c1cc(S(=O)(=O)NC2CCCC2)ccc1O. The average molecular weight is 299 g/mol. The van der Waals surface area contributed by atoms with Crippen molar-refractivity contribution < 1.29 is 23.1 Å². The van der Waals surface area contributed by atoms with Crippen molar-refractivity contribution in [3.63, 3.8) is 0 Å². The minimum Gasteiger partial charge on any atom is -0.507 e. The van der Waals surface area contributed by atoms with E-state index in [4.69, 9.17) is 0 Å². The van der Waals surface area contributed by atoms with Gasteiger partial charge < -0.3 is 9.84 Å². The van der Waals surface area contributed by atoms with E-state index in [0.29, 0.717) is 0 Å². The minimum atomic E-state index is -3.69. The van der Waals surface area contributed by atoms with Gasteiger partial charge >= 0.3 is 5.97 Å². The molecule has 20 heavy (non-hydrogen) atoms. The van der Waals surface area contributed by atoms with Gasteiger partial charge in [-0.25, -0.2) is 17.9 Å². The highest BCUT2D eigenvalue weighted by atomic mass is 32.2. The summed E-state index contributed by atoms with van der Waals surface area (Å²) in [5.41, 5.74) is -0.165. The van der Waals surface area contributed by atoms with E-state index in [9.17, 15) is 18.3 Å². The van der Waals surface area contributed by atoms with Gasteiger partial charge in [-0.3, -0.25) is 0 Å². The van der Waals surface area contributed by atoms with E-state index >= 15 is 0 Å². The molecule has 2 rings (SSSR count). The number of aromatic hydroxyl groups is 1. The molecule has 1 aliphatic rings. The predicted octanol–water partition coefficient (Wildman–Crippen LogP) is 1.40. The van der Waals surface area contributed by atoms with Crippen molar-refractivity contribution in [1.29, 1.82) is 0 Å². The summed E-state index contributed by atoms with van der Waals surface area (Å²) in [7, 11) is -2.53. The third-order valence-corrected chi connectivity index (χ3v) is 4.88. The molecule has 0 saturated heterocycles. The van der Waals surface area contributed by atoms with Crippen LogP contribution in [0.25, 0.3) is 0 Å². The van der Waals surface area contributed by atoms with Gasteiger partial charge in [0.05, 0.1) is 12.0 Å². The second-order valence-electron chi connectivity index (χ2n) is 4.77. The largest absolute Gasteiger partial charge is 0.507 e. The fraction of sp³-hybridized carbons (Fsp3) is 0.462. The van der Waals surface area contributed by atoms with Crippen LogP contribution in [0.5, 0.6) is 5.75 Å². The summed E-state index contributed by atoms with van der Waals surface area (Å²) in [4.78, 5) is 11.4. The number of hydrogen-bond acceptors (Lipinski definition) is 5. The molecule has 0 aromatic heterocycles. The molecule has 1 saturated carbocycles. The summed E-state index contributed by atoms with van der Waals surface area (Å²) in [5, 5.41) is 9.57. The second kappa shape index (κ2) is 5.80. The maximum atomic E-state index is 12.2. The van der Waals surface area contributed by atoms with Crippen molar-refractivity contribution in [1.82, 2.24) is 4.72 Å². The summed E-state index contributed by atoms with van der Waals surface area (Å²) >= 11 is 0. The molecule has 6 nitrogen and oxygen atoms in total. The highest BCUT2D eigenvalue weighted by Gasteiger charge is 2.24. The molecule has 0 heterocycles. The molecule has 0 aliphatic heterocycles. The summed E-state index contributed by atoms with van der Waals surface area (Å²) in [6.07, 6.45) is 3.66. The fourth-order valence-electron chi connectivity index (χ4n) is 2.29. The monoisotopic (exact) mass is 299 g/mol. The summed E-state index contributed by atoms with van der Waals surface area (Å²) < 4.78 is 31.6. The Morgan fingerprint density at radius 2 is 2.00 bits per heavy atom. The number of phenols is 1. The minimum absolute atomic E-state index is 0.0531. The molecule has 1 aliphatic carbocycles. The Morgan fingerprint density at radius 3 is 2.60 bits per heavy atom. The Labute approximate surface area is 117 Å². The maximum absolute atomic E-state index is 12.2. The first kappa shape index (κ1) is 14.8. The highest BCUT2D eigenvalue weighted by molar-refractivity contribution is 7.89. The van der Waals surface area contributed by atoms with Gasteiger partial charge in [0, 0.05) is 6.04 Å². The summed E-state index contributed by atoms with van der Waals surface area (Å²) in [6.45, 7) is 0. The Morgan fingerprint density at radius 1 is 1.35 bits per heavy atom. The molecule has 7 heteroatoms. The molecule has 1 fully saturated rings. The van der Waals surface area contributed by atoms with Gasteiger partial charge in [0.2, 0.25) is 10.0 Å². The molecule has 0 spiro atoms. The highest BCUT2D eigenvalue weighted by Crippen LogP contribution is 2.24. The predicted molar refractivity (Wildman–Crippen MR) is 72.0 cm³/mol. The zero-order valence-corrected chi connectivity index (χ0v) is 11.9. The second-order valence-corrected chi connectivity index (χ2v) is 6.49.